The van der Waals surface area contributed by atoms with Crippen LogP contribution in [0.25, 0.3) is 0 Å². The molecule has 106 valence electrons. The molecule has 0 aliphatic heterocycles. The minimum absolute atomic E-state index is 0.0501. The third-order valence-electron chi connectivity index (χ3n) is 3.12. The Morgan fingerprint density at radius 1 is 1.11 bits per heavy atom. The molecule has 0 aromatic carbocycles. The van der Waals surface area contributed by atoms with Crippen LogP contribution in [0.4, 0.5) is 0 Å². The molecule has 3 unspecified atom stereocenters. The predicted molar refractivity (Wildman–Crippen MR) is 70.6 cm³/mol. The molecular weight excluding hydrogens is 232 g/mol. The maximum absolute atomic E-state index is 11.6. The Hall–Kier alpha value is -0.940. The average Bonchev–Trinajstić information content (AvgIpc) is 2.22. The molecule has 0 aromatic heterocycles. The second-order valence-corrected chi connectivity index (χ2v) is 5.68. The van der Waals surface area contributed by atoms with Crippen molar-refractivity contribution in [2.45, 2.75) is 52.7 Å². The van der Waals surface area contributed by atoms with E-state index in [4.69, 9.17) is 11.5 Å². The quantitative estimate of drug-likeness (QED) is 0.549. The first-order chi connectivity index (χ1) is 8.16. The van der Waals surface area contributed by atoms with Crippen LogP contribution in [0.1, 0.15) is 40.5 Å². The van der Waals surface area contributed by atoms with E-state index in [1.54, 1.807) is 0 Å². The molecule has 18 heavy (non-hydrogen) atoms. The largest absolute Gasteiger partial charge is 0.391 e. The number of nitrogens with two attached hydrogens (primary N) is 2. The Morgan fingerprint density at radius 3 is 1.94 bits per heavy atom. The van der Waals surface area contributed by atoms with Gasteiger partial charge in [0.2, 0.25) is 5.78 Å². The van der Waals surface area contributed by atoms with E-state index in [-0.39, 0.29) is 18.4 Å². The Morgan fingerprint density at radius 2 is 1.61 bits per heavy atom. The molecule has 0 bridgehead atoms. The number of primary amides is 1. The zero-order chi connectivity index (χ0) is 14.5. The SMILES string of the molecule is CC(C)CC(N)C(O)CC(C(=O)C(N)=O)C(C)C. The number of hydrogen-bond donors (Lipinski definition) is 3. The van der Waals surface area contributed by atoms with Gasteiger partial charge >= 0.3 is 0 Å². The lowest BCUT2D eigenvalue weighted by molar-refractivity contribution is -0.140. The molecule has 0 saturated heterocycles. The summed E-state index contributed by atoms with van der Waals surface area (Å²) in [7, 11) is 0. The molecule has 1 amide bonds. The van der Waals surface area contributed by atoms with E-state index in [0.717, 1.165) is 0 Å². The summed E-state index contributed by atoms with van der Waals surface area (Å²) in [5.74, 6) is -1.81. The maximum atomic E-state index is 11.6. The van der Waals surface area contributed by atoms with E-state index < -0.39 is 23.7 Å². The zero-order valence-corrected chi connectivity index (χ0v) is 11.7. The van der Waals surface area contributed by atoms with E-state index in [9.17, 15) is 14.7 Å². The van der Waals surface area contributed by atoms with Crippen LogP contribution in [0.3, 0.4) is 0 Å². The van der Waals surface area contributed by atoms with Gasteiger partial charge < -0.3 is 16.6 Å². The molecule has 5 N–H and O–H groups in total. The first-order valence-corrected chi connectivity index (χ1v) is 6.44. The van der Waals surface area contributed by atoms with Gasteiger partial charge in [-0.1, -0.05) is 27.7 Å². The van der Waals surface area contributed by atoms with Gasteiger partial charge in [-0.15, -0.1) is 0 Å². The zero-order valence-electron chi connectivity index (χ0n) is 11.7. The number of hydrogen-bond acceptors (Lipinski definition) is 4. The van der Waals surface area contributed by atoms with Crippen LogP contribution in [0.15, 0.2) is 0 Å². The molecule has 0 heterocycles. The van der Waals surface area contributed by atoms with Crippen molar-refractivity contribution in [1.29, 1.82) is 0 Å². The molecule has 0 radical (unpaired) electrons. The molecule has 0 rings (SSSR count). The number of carbonyl (C=O) groups excluding carboxylic acids is 2. The summed E-state index contributed by atoms with van der Waals surface area (Å²) in [6.07, 6.45) is 0.0764. The van der Waals surface area contributed by atoms with Gasteiger partial charge in [-0.05, 0) is 24.7 Å². The summed E-state index contributed by atoms with van der Waals surface area (Å²) < 4.78 is 0. The van der Waals surface area contributed by atoms with Crippen LogP contribution >= 0.6 is 0 Å². The molecule has 0 saturated carbocycles. The molecule has 0 fully saturated rings. The van der Waals surface area contributed by atoms with Crippen LogP contribution in [-0.4, -0.2) is 28.9 Å². The summed E-state index contributed by atoms with van der Waals surface area (Å²) >= 11 is 0. The topological polar surface area (TPSA) is 106 Å². The number of carbonyl (C=O) groups is 2. The summed E-state index contributed by atoms with van der Waals surface area (Å²) in [6.45, 7) is 7.68. The highest BCUT2D eigenvalue weighted by Crippen LogP contribution is 2.21. The van der Waals surface area contributed by atoms with E-state index in [1.807, 2.05) is 27.7 Å². The van der Waals surface area contributed by atoms with Crippen molar-refractivity contribution in [2.24, 2.45) is 29.2 Å². The Labute approximate surface area is 109 Å². The highest BCUT2D eigenvalue weighted by molar-refractivity contribution is 6.36. The number of rotatable bonds is 8. The summed E-state index contributed by atoms with van der Waals surface area (Å²) in [6, 6.07) is -0.382. The van der Waals surface area contributed by atoms with Crippen LogP contribution in [0, 0.1) is 17.8 Å². The standard InChI is InChI=1S/C13H26N2O3/c1-7(2)5-10(14)11(16)6-9(8(3)4)12(17)13(15)18/h7-11,16H,5-6,14H2,1-4H3,(H2,15,18). The van der Waals surface area contributed by atoms with Gasteiger partial charge in [-0.25, -0.2) is 0 Å². The molecule has 0 spiro atoms. The van der Waals surface area contributed by atoms with Gasteiger partial charge in [0.25, 0.3) is 5.91 Å². The molecule has 5 nitrogen and oxygen atoms in total. The normalized spacial score (nSPS) is 16.7. The molecule has 3 atom stereocenters. The van der Waals surface area contributed by atoms with Crippen LogP contribution < -0.4 is 11.5 Å². The minimum Gasteiger partial charge on any atom is -0.391 e. The fourth-order valence-corrected chi connectivity index (χ4v) is 2.00. The minimum atomic E-state index is -0.946. The summed E-state index contributed by atoms with van der Waals surface area (Å²) in [5.41, 5.74) is 10.9. The monoisotopic (exact) mass is 258 g/mol. The number of Topliss-reactive ketones (excluding diaryl/α,β-unsaturated/α-hetero) is 1. The second kappa shape index (κ2) is 7.48. The molecule has 0 aliphatic rings. The van der Waals surface area contributed by atoms with Crippen molar-refractivity contribution < 1.29 is 14.7 Å². The number of amides is 1. The third-order valence-corrected chi connectivity index (χ3v) is 3.12. The maximum Gasteiger partial charge on any atom is 0.285 e. The van der Waals surface area contributed by atoms with E-state index in [0.29, 0.717) is 12.3 Å². The van der Waals surface area contributed by atoms with E-state index in [1.165, 1.54) is 0 Å². The van der Waals surface area contributed by atoms with Crippen LogP contribution in [0.5, 0.6) is 0 Å². The van der Waals surface area contributed by atoms with Gasteiger partial charge in [0.15, 0.2) is 0 Å². The highest BCUT2D eigenvalue weighted by atomic mass is 16.3. The number of aliphatic hydroxyl groups excluding tert-OH is 1. The van der Waals surface area contributed by atoms with Crippen LogP contribution in [-0.2, 0) is 9.59 Å². The number of ketones is 1. The molecule has 0 aliphatic carbocycles. The van der Waals surface area contributed by atoms with Gasteiger partial charge in [0.05, 0.1) is 6.10 Å². The summed E-state index contributed by atoms with van der Waals surface area (Å²) in [5, 5.41) is 9.99. The van der Waals surface area contributed by atoms with Crippen molar-refractivity contribution in [3.63, 3.8) is 0 Å². The van der Waals surface area contributed by atoms with Crippen molar-refractivity contribution in [3.05, 3.63) is 0 Å². The van der Waals surface area contributed by atoms with Gasteiger partial charge in [0.1, 0.15) is 0 Å². The highest BCUT2D eigenvalue weighted by Gasteiger charge is 2.30. The smallest absolute Gasteiger partial charge is 0.285 e. The molecular formula is C13H26N2O3. The fraction of sp³-hybridized carbons (Fsp3) is 0.846. The average molecular weight is 258 g/mol. The lowest BCUT2D eigenvalue weighted by Crippen LogP contribution is -2.41. The van der Waals surface area contributed by atoms with Crippen molar-refractivity contribution in [3.8, 4) is 0 Å². The van der Waals surface area contributed by atoms with E-state index >= 15 is 0 Å². The van der Waals surface area contributed by atoms with Gasteiger partial charge in [-0.2, -0.15) is 0 Å². The molecule has 5 heteroatoms. The van der Waals surface area contributed by atoms with E-state index in [2.05, 4.69) is 0 Å². The Bertz CT molecular complexity index is 290. The van der Waals surface area contributed by atoms with Gasteiger partial charge in [-0.3, -0.25) is 9.59 Å². The lowest BCUT2D eigenvalue weighted by atomic mass is 9.83. The first-order valence-electron chi connectivity index (χ1n) is 6.44. The summed E-state index contributed by atoms with van der Waals surface area (Å²) in [4.78, 5) is 22.6. The van der Waals surface area contributed by atoms with Crippen molar-refractivity contribution in [1.82, 2.24) is 0 Å². The lowest BCUT2D eigenvalue weighted by Gasteiger charge is -2.26. The number of aliphatic hydroxyl groups is 1. The van der Waals surface area contributed by atoms with Gasteiger partial charge in [0, 0.05) is 12.0 Å². The first kappa shape index (κ1) is 17.1. The Balaban J connectivity index is 4.59. The predicted octanol–water partition coefficient (Wildman–Crippen LogP) is 0.437. The Kier molecular flexibility index (Phi) is 7.09. The van der Waals surface area contributed by atoms with Crippen molar-refractivity contribution in [2.75, 3.05) is 0 Å². The molecule has 0 aromatic rings. The third kappa shape index (κ3) is 5.60. The fourth-order valence-electron chi connectivity index (χ4n) is 2.00. The van der Waals surface area contributed by atoms with Crippen LogP contribution in [0.2, 0.25) is 0 Å². The van der Waals surface area contributed by atoms with Crippen molar-refractivity contribution >= 4 is 11.7 Å². The second-order valence-electron chi connectivity index (χ2n) is 5.68.